The summed E-state index contributed by atoms with van der Waals surface area (Å²) in [6.07, 6.45) is 2.96. The Morgan fingerprint density at radius 2 is 1.69 bits per heavy atom. The van der Waals surface area contributed by atoms with Crippen LogP contribution in [0.25, 0.3) is 0 Å². The minimum absolute atomic E-state index is 0.0842. The number of hydrogen-bond acceptors (Lipinski definition) is 5. The molecule has 4 rings (SSSR count). The number of aliphatic hydroxyl groups is 1. The molecule has 5 nitrogen and oxygen atoms in total. The van der Waals surface area contributed by atoms with Gasteiger partial charge < -0.3 is 14.9 Å². The number of phenols is 1. The Bertz CT molecular complexity index is 957. The van der Waals surface area contributed by atoms with Crippen LogP contribution in [0.3, 0.4) is 0 Å². The van der Waals surface area contributed by atoms with Gasteiger partial charge in [0.25, 0.3) is 0 Å². The van der Waals surface area contributed by atoms with Gasteiger partial charge in [0, 0.05) is 17.0 Å². The first-order chi connectivity index (χ1) is 12.5. The molecule has 0 heterocycles. The highest BCUT2D eigenvalue weighted by Crippen LogP contribution is 2.47. The highest BCUT2D eigenvalue weighted by molar-refractivity contribution is 6.23. The molecule has 0 amide bonds. The molecule has 0 bridgehead atoms. The van der Waals surface area contributed by atoms with E-state index >= 15 is 0 Å². The third-order valence-electron chi connectivity index (χ3n) is 5.23. The van der Waals surface area contributed by atoms with Crippen LogP contribution in [0, 0.1) is 0 Å². The van der Waals surface area contributed by atoms with Crippen LogP contribution in [0.2, 0.25) is 0 Å². The Morgan fingerprint density at radius 3 is 2.42 bits per heavy atom. The Morgan fingerprint density at radius 1 is 0.962 bits per heavy atom. The summed E-state index contributed by atoms with van der Waals surface area (Å²) in [6, 6.07) is 8.52. The van der Waals surface area contributed by atoms with Crippen LogP contribution >= 0.6 is 0 Å². The third kappa shape index (κ3) is 2.35. The molecule has 26 heavy (non-hydrogen) atoms. The minimum Gasteiger partial charge on any atom is -0.508 e. The second-order valence-electron chi connectivity index (χ2n) is 6.59. The fraction of sp³-hybridized carbons (Fsp3) is 0.238. The molecular weight excluding hydrogens is 332 g/mol. The highest BCUT2D eigenvalue weighted by Gasteiger charge is 2.35. The first kappa shape index (κ1) is 16.5. The Hall–Kier alpha value is -2.92. The fourth-order valence-electron chi connectivity index (χ4n) is 4.06. The molecule has 2 N–H and O–H groups in total. The van der Waals surface area contributed by atoms with E-state index in [9.17, 15) is 19.8 Å². The average Bonchev–Trinajstić information content (AvgIpc) is 2.65. The second-order valence-corrected chi connectivity index (χ2v) is 6.59. The van der Waals surface area contributed by atoms with Crippen molar-refractivity contribution in [1.82, 2.24) is 0 Å². The van der Waals surface area contributed by atoms with Crippen molar-refractivity contribution in [1.29, 1.82) is 0 Å². The molecule has 2 aliphatic carbocycles. The number of aromatic hydroxyl groups is 1. The lowest BCUT2D eigenvalue weighted by atomic mass is 9.74. The third-order valence-corrected chi connectivity index (χ3v) is 5.23. The Balaban J connectivity index is 1.97. The molecule has 0 spiro atoms. The molecule has 132 valence electrons. The van der Waals surface area contributed by atoms with E-state index in [1.54, 1.807) is 30.3 Å². The van der Waals surface area contributed by atoms with Crippen molar-refractivity contribution in [3.05, 3.63) is 70.3 Å². The van der Waals surface area contributed by atoms with Crippen LogP contribution in [0.5, 0.6) is 11.5 Å². The van der Waals surface area contributed by atoms with Crippen LogP contribution in [0.15, 0.2) is 42.5 Å². The average molecular weight is 350 g/mol. The Labute approximate surface area is 150 Å². The van der Waals surface area contributed by atoms with Gasteiger partial charge in [0.2, 0.25) is 0 Å². The molecule has 2 aliphatic rings. The summed E-state index contributed by atoms with van der Waals surface area (Å²) in [5.41, 5.74) is 2.55. The number of aliphatic hydroxyl groups excluding tert-OH is 1. The van der Waals surface area contributed by atoms with E-state index < -0.39 is 6.10 Å². The van der Waals surface area contributed by atoms with Gasteiger partial charge in [0.15, 0.2) is 11.6 Å². The number of ketones is 2. The zero-order chi connectivity index (χ0) is 18.4. The first-order valence-electron chi connectivity index (χ1n) is 8.50. The predicted octanol–water partition coefficient (Wildman–Crippen LogP) is 3.30. The van der Waals surface area contributed by atoms with Gasteiger partial charge in [-0.1, -0.05) is 18.2 Å². The van der Waals surface area contributed by atoms with Crippen molar-refractivity contribution in [2.24, 2.45) is 0 Å². The molecule has 2 aromatic carbocycles. The Kier molecular flexibility index (Phi) is 3.89. The molecule has 0 unspecified atom stereocenters. The monoisotopic (exact) mass is 350 g/mol. The van der Waals surface area contributed by atoms with Crippen molar-refractivity contribution >= 4 is 11.6 Å². The van der Waals surface area contributed by atoms with E-state index in [1.807, 2.05) is 0 Å². The van der Waals surface area contributed by atoms with Crippen LogP contribution in [0.4, 0.5) is 0 Å². The van der Waals surface area contributed by atoms with Crippen molar-refractivity contribution in [2.45, 2.75) is 24.9 Å². The molecular formula is C21H18O5. The van der Waals surface area contributed by atoms with Gasteiger partial charge >= 0.3 is 0 Å². The van der Waals surface area contributed by atoms with Crippen LogP contribution in [-0.2, 0) is 0 Å². The number of phenolic OH excluding ortho intramolecular Hbond substituents is 1. The quantitative estimate of drug-likeness (QED) is 0.868. The zero-order valence-corrected chi connectivity index (χ0v) is 14.2. The van der Waals surface area contributed by atoms with Gasteiger partial charge in [0.05, 0.1) is 18.8 Å². The van der Waals surface area contributed by atoms with E-state index in [1.165, 1.54) is 19.3 Å². The fourth-order valence-corrected chi connectivity index (χ4v) is 4.06. The minimum atomic E-state index is -0.653. The lowest BCUT2D eigenvalue weighted by molar-refractivity contribution is 0.0990. The topological polar surface area (TPSA) is 83.8 Å². The van der Waals surface area contributed by atoms with Gasteiger partial charge in [-0.25, -0.2) is 0 Å². The zero-order valence-electron chi connectivity index (χ0n) is 14.2. The summed E-state index contributed by atoms with van der Waals surface area (Å²) in [7, 11) is 1.46. The van der Waals surface area contributed by atoms with Gasteiger partial charge in [-0.05, 0) is 48.3 Å². The second kappa shape index (κ2) is 6.11. The summed E-state index contributed by atoms with van der Waals surface area (Å²) >= 11 is 0. The summed E-state index contributed by atoms with van der Waals surface area (Å²) < 4.78 is 5.29. The van der Waals surface area contributed by atoms with Crippen molar-refractivity contribution in [3.63, 3.8) is 0 Å². The number of hydrogen-bond donors (Lipinski definition) is 2. The molecule has 0 aliphatic heterocycles. The smallest absolute Gasteiger partial charge is 0.190 e. The number of methoxy groups -OCH3 is 1. The number of benzene rings is 2. The maximum absolute atomic E-state index is 12.6. The molecule has 0 saturated carbocycles. The first-order valence-corrected chi connectivity index (χ1v) is 8.50. The van der Waals surface area contributed by atoms with Crippen molar-refractivity contribution < 1.29 is 24.5 Å². The maximum atomic E-state index is 12.6. The van der Waals surface area contributed by atoms with E-state index in [2.05, 4.69) is 0 Å². The number of ether oxygens (including phenoxy) is 1. The molecule has 2 aromatic rings. The molecule has 0 fully saturated rings. The predicted molar refractivity (Wildman–Crippen MR) is 94.9 cm³/mol. The maximum Gasteiger partial charge on any atom is 0.190 e. The molecule has 2 atom stereocenters. The van der Waals surface area contributed by atoms with Crippen LogP contribution < -0.4 is 4.74 Å². The summed E-state index contributed by atoms with van der Waals surface area (Å²) in [6.45, 7) is 0. The van der Waals surface area contributed by atoms with Crippen LogP contribution in [-0.4, -0.2) is 28.9 Å². The summed E-state index contributed by atoms with van der Waals surface area (Å²) in [5.74, 6) is -0.360. The van der Waals surface area contributed by atoms with E-state index in [-0.39, 0.29) is 28.8 Å². The van der Waals surface area contributed by atoms with E-state index in [0.717, 1.165) is 0 Å². The van der Waals surface area contributed by atoms with Gasteiger partial charge in [-0.15, -0.1) is 0 Å². The lowest BCUT2D eigenvalue weighted by Crippen LogP contribution is -2.21. The number of allylic oxidation sites excluding steroid dienone is 2. The lowest BCUT2D eigenvalue weighted by Gasteiger charge is -2.31. The molecule has 0 radical (unpaired) electrons. The standard InChI is InChI=1S/C21H18O5/c1-26-18-10-6-12(20-16(24)8-9-17(25)21(18)20)11-5-7-14(22)13-3-2-4-15(23)19(11)13/h2-4,6,8-11,14,22-23H,5,7H2,1H3/t11-,14-/m1/s1. The number of fused-ring (bicyclic) bond motifs is 2. The van der Waals surface area contributed by atoms with Gasteiger partial charge in [0.1, 0.15) is 11.5 Å². The SMILES string of the molecule is COc1ccc([C@H]2CC[C@@H](O)c3cccc(O)c32)c2c1C(=O)C=CC2=O. The van der Waals surface area contributed by atoms with E-state index in [4.69, 9.17) is 4.74 Å². The molecule has 0 aromatic heterocycles. The van der Waals surface area contributed by atoms with Crippen molar-refractivity contribution in [3.8, 4) is 11.5 Å². The normalized spacial score (nSPS) is 21.3. The highest BCUT2D eigenvalue weighted by atomic mass is 16.5. The van der Waals surface area contributed by atoms with E-state index in [0.29, 0.717) is 40.8 Å². The van der Waals surface area contributed by atoms with Gasteiger partial charge in [-0.3, -0.25) is 9.59 Å². The summed E-state index contributed by atoms with van der Waals surface area (Å²) in [5, 5.41) is 20.7. The van der Waals surface area contributed by atoms with Crippen molar-refractivity contribution in [2.75, 3.05) is 7.11 Å². The molecule has 5 heteroatoms. The molecule has 0 saturated heterocycles. The number of carbonyl (C=O) groups excluding carboxylic acids is 2. The largest absolute Gasteiger partial charge is 0.508 e. The summed E-state index contributed by atoms with van der Waals surface area (Å²) in [4.78, 5) is 25.0. The number of carbonyl (C=O) groups is 2. The van der Waals surface area contributed by atoms with Crippen LogP contribution in [0.1, 0.15) is 62.3 Å². The number of rotatable bonds is 2. The van der Waals surface area contributed by atoms with Gasteiger partial charge in [-0.2, -0.15) is 0 Å².